The zero-order valence-corrected chi connectivity index (χ0v) is 15.4. The SMILES string of the molecule is C[C@@H](NC(=O)CSc1nnnn1C1CCCC1)c1cc2ccccc2o1. The van der Waals surface area contributed by atoms with Crippen molar-refractivity contribution in [2.45, 2.75) is 49.8 Å². The zero-order valence-electron chi connectivity index (χ0n) is 14.6. The van der Waals surface area contributed by atoms with E-state index in [1.54, 1.807) is 0 Å². The van der Waals surface area contributed by atoms with Crippen molar-refractivity contribution in [1.82, 2.24) is 25.5 Å². The number of thioether (sulfide) groups is 1. The number of benzene rings is 1. The van der Waals surface area contributed by atoms with Gasteiger partial charge in [0.15, 0.2) is 0 Å². The van der Waals surface area contributed by atoms with Crippen molar-refractivity contribution in [3.05, 3.63) is 36.1 Å². The first-order chi connectivity index (χ1) is 12.7. The molecule has 1 amide bonds. The van der Waals surface area contributed by atoms with Crippen molar-refractivity contribution < 1.29 is 9.21 Å². The van der Waals surface area contributed by atoms with Crippen molar-refractivity contribution in [1.29, 1.82) is 0 Å². The maximum Gasteiger partial charge on any atom is 0.231 e. The van der Waals surface area contributed by atoms with E-state index in [9.17, 15) is 4.79 Å². The number of hydrogen-bond donors (Lipinski definition) is 1. The van der Waals surface area contributed by atoms with E-state index in [4.69, 9.17) is 4.42 Å². The fourth-order valence-electron chi connectivity index (χ4n) is 3.36. The normalized spacial score (nSPS) is 16.2. The first-order valence-electron chi connectivity index (χ1n) is 8.89. The van der Waals surface area contributed by atoms with E-state index in [1.165, 1.54) is 24.6 Å². The van der Waals surface area contributed by atoms with Crippen molar-refractivity contribution in [2.75, 3.05) is 5.75 Å². The quantitative estimate of drug-likeness (QED) is 0.668. The Hall–Kier alpha value is -2.35. The summed E-state index contributed by atoms with van der Waals surface area (Å²) in [5.74, 6) is 0.960. The van der Waals surface area contributed by atoms with Gasteiger partial charge in [-0.1, -0.05) is 42.8 Å². The van der Waals surface area contributed by atoms with Gasteiger partial charge in [0, 0.05) is 5.39 Å². The molecule has 1 aromatic carbocycles. The number of furan rings is 1. The lowest BCUT2D eigenvalue weighted by atomic mass is 10.2. The average molecular weight is 371 g/mol. The van der Waals surface area contributed by atoms with Gasteiger partial charge in [-0.05, 0) is 42.3 Å². The van der Waals surface area contributed by atoms with Crippen LogP contribution in [0, 0.1) is 0 Å². The minimum Gasteiger partial charge on any atom is -0.459 e. The molecule has 1 aliphatic rings. The molecule has 2 aromatic heterocycles. The Morgan fingerprint density at radius 3 is 3.00 bits per heavy atom. The summed E-state index contributed by atoms with van der Waals surface area (Å²) in [5, 5.41) is 16.7. The molecule has 1 fully saturated rings. The molecule has 0 radical (unpaired) electrons. The second kappa shape index (κ2) is 7.49. The molecule has 26 heavy (non-hydrogen) atoms. The van der Waals surface area contributed by atoms with Crippen LogP contribution in [0.5, 0.6) is 0 Å². The topological polar surface area (TPSA) is 85.8 Å². The minimum atomic E-state index is -0.193. The van der Waals surface area contributed by atoms with Crippen LogP contribution < -0.4 is 5.32 Å². The molecule has 8 heteroatoms. The third kappa shape index (κ3) is 3.60. The number of nitrogens with zero attached hydrogens (tertiary/aromatic N) is 4. The van der Waals surface area contributed by atoms with Crippen LogP contribution in [0.2, 0.25) is 0 Å². The number of fused-ring (bicyclic) bond motifs is 1. The summed E-state index contributed by atoms with van der Waals surface area (Å²) in [4.78, 5) is 12.3. The Morgan fingerprint density at radius 1 is 1.38 bits per heavy atom. The van der Waals surface area contributed by atoms with Gasteiger partial charge in [-0.25, -0.2) is 4.68 Å². The molecule has 0 aliphatic heterocycles. The first kappa shape index (κ1) is 17.1. The Morgan fingerprint density at radius 2 is 2.19 bits per heavy atom. The number of carbonyl (C=O) groups is 1. The lowest BCUT2D eigenvalue weighted by Crippen LogP contribution is -2.28. The molecular weight excluding hydrogens is 350 g/mol. The molecular formula is C18H21N5O2S. The third-order valence-corrected chi connectivity index (χ3v) is 5.65. The molecule has 7 nitrogen and oxygen atoms in total. The summed E-state index contributed by atoms with van der Waals surface area (Å²) < 4.78 is 7.68. The molecule has 0 bridgehead atoms. The van der Waals surface area contributed by atoms with Crippen LogP contribution >= 0.6 is 11.8 Å². The molecule has 1 atom stereocenters. The van der Waals surface area contributed by atoms with Gasteiger partial charge in [-0.3, -0.25) is 4.79 Å². The van der Waals surface area contributed by atoms with Gasteiger partial charge in [-0.2, -0.15) is 0 Å². The Labute approximate surface area is 155 Å². The average Bonchev–Trinajstić information content (AvgIpc) is 3.38. The van der Waals surface area contributed by atoms with Crippen LogP contribution in [0.25, 0.3) is 11.0 Å². The Bertz CT molecular complexity index is 867. The van der Waals surface area contributed by atoms with Gasteiger partial charge < -0.3 is 9.73 Å². The van der Waals surface area contributed by atoms with E-state index in [1.807, 2.05) is 41.9 Å². The first-order valence-corrected chi connectivity index (χ1v) is 9.88. The summed E-state index contributed by atoms with van der Waals surface area (Å²) in [6, 6.07) is 9.96. The molecule has 2 heterocycles. The van der Waals surface area contributed by atoms with Crippen LogP contribution in [0.1, 0.15) is 50.5 Å². The highest BCUT2D eigenvalue weighted by atomic mass is 32.2. The lowest BCUT2D eigenvalue weighted by molar-refractivity contribution is -0.119. The number of amides is 1. The number of rotatable bonds is 6. The molecule has 0 saturated heterocycles. The van der Waals surface area contributed by atoms with Crippen molar-refractivity contribution in [2.24, 2.45) is 0 Å². The van der Waals surface area contributed by atoms with E-state index >= 15 is 0 Å². The highest BCUT2D eigenvalue weighted by Crippen LogP contribution is 2.31. The van der Waals surface area contributed by atoms with Crippen LogP contribution in [0.3, 0.4) is 0 Å². The predicted molar refractivity (Wildman–Crippen MR) is 98.8 cm³/mol. The smallest absolute Gasteiger partial charge is 0.231 e. The number of tetrazole rings is 1. The standard InChI is InChI=1S/C18H21N5O2S/c1-12(16-10-13-6-2-5-9-15(13)25-16)19-17(24)11-26-18-20-21-22-23(18)14-7-3-4-8-14/h2,5-6,9-10,12,14H,3-4,7-8,11H2,1H3,(H,19,24)/t12-/m1/s1. The summed E-state index contributed by atoms with van der Waals surface area (Å²) in [6.07, 6.45) is 4.63. The molecule has 0 spiro atoms. The molecule has 136 valence electrons. The monoisotopic (exact) mass is 371 g/mol. The largest absolute Gasteiger partial charge is 0.459 e. The highest BCUT2D eigenvalue weighted by Gasteiger charge is 2.22. The number of carbonyl (C=O) groups excluding carboxylic acids is 1. The summed E-state index contributed by atoms with van der Waals surface area (Å²) >= 11 is 1.38. The van der Waals surface area contributed by atoms with Crippen LogP contribution in [-0.4, -0.2) is 31.9 Å². The second-order valence-corrected chi connectivity index (χ2v) is 7.55. The van der Waals surface area contributed by atoms with E-state index in [2.05, 4.69) is 20.8 Å². The molecule has 1 saturated carbocycles. The minimum absolute atomic E-state index is 0.0658. The van der Waals surface area contributed by atoms with Crippen LogP contribution in [-0.2, 0) is 4.79 Å². The van der Waals surface area contributed by atoms with Gasteiger partial charge in [0.05, 0.1) is 17.8 Å². The van der Waals surface area contributed by atoms with E-state index in [0.29, 0.717) is 11.2 Å². The van der Waals surface area contributed by atoms with Crippen molar-refractivity contribution in [3.8, 4) is 0 Å². The number of para-hydroxylation sites is 1. The third-order valence-electron chi connectivity index (χ3n) is 4.71. The molecule has 4 rings (SSSR count). The van der Waals surface area contributed by atoms with Gasteiger partial charge in [0.25, 0.3) is 0 Å². The van der Waals surface area contributed by atoms with Crippen molar-refractivity contribution >= 4 is 28.6 Å². The number of hydrogen-bond acceptors (Lipinski definition) is 6. The van der Waals surface area contributed by atoms with Gasteiger partial charge >= 0.3 is 0 Å². The molecule has 1 N–H and O–H groups in total. The molecule has 1 aliphatic carbocycles. The van der Waals surface area contributed by atoms with Gasteiger partial charge in [-0.15, -0.1) is 5.10 Å². The Balaban J connectivity index is 1.34. The van der Waals surface area contributed by atoms with Gasteiger partial charge in [0.1, 0.15) is 11.3 Å². The molecule has 3 aromatic rings. The van der Waals surface area contributed by atoms with Crippen LogP contribution in [0.15, 0.2) is 39.9 Å². The Kier molecular flexibility index (Phi) is 4.92. The zero-order chi connectivity index (χ0) is 17.9. The fourth-order valence-corrected chi connectivity index (χ4v) is 4.11. The number of nitrogens with one attached hydrogen (secondary N) is 1. The molecule has 0 unspecified atom stereocenters. The van der Waals surface area contributed by atoms with Gasteiger partial charge in [0.2, 0.25) is 11.1 Å². The predicted octanol–water partition coefficient (Wildman–Crippen LogP) is 3.50. The second-order valence-electron chi connectivity index (χ2n) is 6.61. The van der Waals surface area contributed by atoms with E-state index in [-0.39, 0.29) is 17.7 Å². The maximum absolute atomic E-state index is 12.3. The summed E-state index contributed by atoms with van der Waals surface area (Å²) in [7, 11) is 0. The highest BCUT2D eigenvalue weighted by molar-refractivity contribution is 7.99. The van der Waals surface area contributed by atoms with E-state index in [0.717, 1.165) is 29.6 Å². The number of aromatic nitrogens is 4. The van der Waals surface area contributed by atoms with E-state index < -0.39 is 0 Å². The lowest BCUT2D eigenvalue weighted by Gasteiger charge is -2.12. The fraction of sp³-hybridized carbons (Fsp3) is 0.444. The summed E-state index contributed by atoms with van der Waals surface area (Å²) in [5.41, 5.74) is 0.828. The van der Waals surface area contributed by atoms with Crippen molar-refractivity contribution in [3.63, 3.8) is 0 Å². The summed E-state index contributed by atoms with van der Waals surface area (Å²) in [6.45, 7) is 1.92. The van der Waals surface area contributed by atoms with Crippen LogP contribution in [0.4, 0.5) is 0 Å². The maximum atomic E-state index is 12.3.